The number of methoxy groups -OCH3 is 1. The van der Waals surface area contributed by atoms with Gasteiger partial charge in [-0.2, -0.15) is 0 Å². The minimum absolute atomic E-state index is 0.00639. The van der Waals surface area contributed by atoms with Crippen LogP contribution in [0, 0.1) is 0 Å². The number of Topliss-reactive ketones (excluding diaryl/α,β-unsaturated/α-hetero) is 4. The van der Waals surface area contributed by atoms with Gasteiger partial charge in [-0.1, -0.05) is 140 Å². The van der Waals surface area contributed by atoms with Crippen LogP contribution in [0.2, 0.25) is 0 Å². The van der Waals surface area contributed by atoms with E-state index >= 15 is 0 Å². The highest BCUT2D eigenvalue weighted by Gasteiger charge is 2.10. The minimum atomic E-state index is -0.401. The highest BCUT2D eigenvalue weighted by atomic mass is 16.5. The molecule has 0 atom stereocenters. The van der Waals surface area contributed by atoms with Gasteiger partial charge in [-0.15, -0.1) is 0 Å². The molecule has 11 heteroatoms. The van der Waals surface area contributed by atoms with E-state index in [1.165, 1.54) is 14.0 Å². The number of nitrogens with one attached hydrogen (secondary N) is 1. The van der Waals surface area contributed by atoms with Crippen molar-refractivity contribution in [2.75, 3.05) is 26.9 Å². The fourth-order valence-corrected chi connectivity index (χ4v) is 4.74. The van der Waals surface area contributed by atoms with E-state index in [-0.39, 0.29) is 73.9 Å². The molecule has 0 radical (unpaired) electrons. The lowest BCUT2D eigenvalue weighted by atomic mass is 10.1. The predicted octanol–water partition coefficient (Wildman–Crippen LogP) is 7.59. The topological polar surface area (TPSA) is 170 Å². The van der Waals surface area contributed by atoms with Gasteiger partial charge in [0.05, 0.1) is 32.3 Å². The second-order valence-corrected chi connectivity index (χ2v) is 12.2. The van der Waals surface area contributed by atoms with Crippen LogP contribution in [0.1, 0.15) is 90.8 Å². The van der Waals surface area contributed by atoms with Gasteiger partial charge < -0.3 is 19.9 Å². The first kappa shape index (κ1) is 47.3. The standard InChI is InChI=1S/C16H14O3.C11H13NO2.C11H12O3.C9H10O2/c17-15(13-7-3-1-4-8-13)11-12-19-16(18)14-9-5-2-6-10-14;1-9(13)12-8-7-11(14)10-5-3-2-4-6-10;1-14-11(13)8-7-10(12)9-5-3-2-4-6-9;10-7-6-9(11)8-4-2-1-3-5-8/h1-10H,11-12H2;2-6H,7-8H2,1H3,(H,12,13);2-6H,7-8H2,1H3;1-5,10H,6-7H2. The molecule has 0 aliphatic carbocycles. The zero-order valence-corrected chi connectivity index (χ0v) is 32.7. The van der Waals surface area contributed by atoms with Crippen LogP contribution in [0.4, 0.5) is 0 Å². The first-order valence-corrected chi connectivity index (χ1v) is 18.5. The third-order valence-corrected chi connectivity index (χ3v) is 7.80. The van der Waals surface area contributed by atoms with Crippen molar-refractivity contribution < 1.29 is 48.1 Å². The second kappa shape index (κ2) is 28.5. The van der Waals surface area contributed by atoms with Crippen molar-refractivity contribution >= 4 is 41.0 Å². The molecule has 0 heterocycles. The van der Waals surface area contributed by atoms with Gasteiger partial charge in [0.15, 0.2) is 23.1 Å². The first-order chi connectivity index (χ1) is 28.0. The van der Waals surface area contributed by atoms with E-state index in [0.717, 1.165) is 0 Å². The number of esters is 2. The summed E-state index contributed by atoms with van der Waals surface area (Å²) in [4.78, 5) is 78.7. The van der Waals surface area contributed by atoms with Crippen molar-refractivity contribution in [2.45, 2.75) is 39.0 Å². The van der Waals surface area contributed by atoms with Crippen molar-refractivity contribution in [3.05, 3.63) is 179 Å². The Morgan fingerprint density at radius 1 is 0.466 bits per heavy atom. The van der Waals surface area contributed by atoms with Gasteiger partial charge in [-0.05, 0) is 12.1 Å². The SMILES string of the molecule is CC(=O)NCCC(=O)c1ccccc1.COC(=O)CCC(=O)c1ccccc1.O=C(CCO)c1ccccc1.O=C(CCOC(=O)c1ccccc1)c1ccccc1. The summed E-state index contributed by atoms with van der Waals surface area (Å²) in [5.74, 6) is -0.869. The number of aliphatic hydroxyl groups is 1. The number of hydrogen-bond donors (Lipinski definition) is 2. The lowest BCUT2D eigenvalue weighted by Gasteiger charge is -2.04. The Hall–Kier alpha value is -6.85. The Morgan fingerprint density at radius 2 is 0.810 bits per heavy atom. The number of hydrogen-bond acceptors (Lipinski definition) is 10. The lowest BCUT2D eigenvalue weighted by Crippen LogP contribution is -2.23. The Labute approximate surface area is 339 Å². The molecule has 0 unspecified atom stereocenters. The van der Waals surface area contributed by atoms with E-state index in [2.05, 4.69) is 10.1 Å². The Kier molecular flexibility index (Phi) is 23.3. The summed E-state index contributed by atoms with van der Waals surface area (Å²) < 4.78 is 9.51. The molecule has 11 nitrogen and oxygen atoms in total. The number of rotatable bonds is 16. The Morgan fingerprint density at radius 3 is 1.17 bits per heavy atom. The molecule has 302 valence electrons. The summed E-state index contributed by atoms with van der Waals surface area (Å²) in [5, 5.41) is 11.1. The lowest BCUT2D eigenvalue weighted by molar-refractivity contribution is -0.140. The molecule has 5 rings (SSSR count). The van der Waals surface area contributed by atoms with Gasteiger partial charge in [-0.3, -0.25) is 28.8 Å². The monoisotopic (exact) mass is 787 g/mol. The van der Waals surface area contributed by atoms with Gasteiger partial charge in [0.2, 0.25) is 5.91 Å². The third kappa shape index (κ3) is 20.2. The predicted molar refractivity (Wildman–Crippen MR) is 221 cm³/mol. The van der Waals surface area contributed by atoms with Crippen LogP contribution in [-0.2, 0) is 19.1 Å². The average molecular weight is 788 g/mol. The van der Waals surface area contributed by atoms with E-state index in [0.29, 0.717) is 40.8 Å². The van der Waals surface area contributed by atoms with Crippen LogP contribution in [0.5, 0.6) is 0 Å². The van der Waals surface area contributed by atoms with Gasteiger partial charge in [0, 0.05) is 61.4 Å². The molecule has 0 spiro atoms. The zero-order valence-electron chi connectivity index (χ0n) is 32.7. The fraction of sp³-hybridized carbons (Fsp3) is 0.213. The van der Waals surface area contributed by atoms with E-state index < -0.39 is 5.97 Å². The second-order valence-electron chi connectivity index (χ2n) is 12.2. The zero-order chi connectivity index (χ0) is 42.4. The molecule has 0 fully saturated rings. The number of ketones is 4. The summed E-state index contributed by atoms with van der Waals surface area (Å²) in [5.41, 5.74) is 3.13. The number of carbonyl (C=O) groups excluding carboxylic acids is 7. The van der Waals surface area contributed by atoms with Crippen molar-refractivity contribution in [3.8, 4) is 0 Å². The summed E-state index contributed by atoms with van der Waals surface area (Å²) in [6.07, 6.45) is 1.11. The van der Waals surface area contributed by atoms with Crippen molar-refractivity contribution in [2.24, 2.45) is 0 Å². The van der Waals surface area contributed by atoms with E-state index in [1.54, 1.807) is 84.9 Å². The number of benzene rings is 5. The average Bonchev–Trinajstić information content (AvgIpc) is 3.27. The minimum Gasteiger partial charge on any atom is -0.469 e. The quantitative estimate of drug-likeness (QED) is 0.0751. The normalized spacial score (nSPS) is 9.64. The van der Waals surface area contributed by atoms with Crippen LogP contribution >= 0.6 is 0 Å². The Bertz CT molecular complexity index is 1940. The summed E-state index contributed by atoms with van der Waals surface area (Å²) in [6, 6.07) is 44.7. The highest BCUT2D eigenvalue weighted by Crippen LogP contribution is 2.07. The maximum Gasteiger partial charge on any atom is 0.338 e. The molecule has 0 saturated heterocycles. The Balaban J connectivity index is 0.000000272. The van der Waals surface area contributed by atoms with Gasteiger partial charge in [-0.25, -0.2) is 4.79 Å². The molecule has 1 amide bonds. The molecule has 0 aromatic heterocycles. The molecule has 5 aromatic rings. The summed E-state index contributed by atoms with van der Waals surface area (Å²) in [7, 11) is 1.31. The van der Waals surface area contributed by atoms with E-state index in [1.807, 2.05) is 66.7 Å². The van der Waals surface area contributed by atoms with E-state index in [4.69, 9.17) is 9.84 Å². The van der Waals surface area contributed by atoms with Gasteiger partial charge >= 0.3 is 11.9 Å². The first-order valence-electron chi connectivity index (χ1n) is 18.5. The molecule has 2 N–H and O–H groups in total. The van der Waals surface area contributed by atoms with Crippen LogP contribution < -0.4 is 5.32 Å². The number of carbonyl (C=O) groups is 7. The maximum absolute atomic E-state index is 11.8. The summed E-state index contributed by atoms with van der Waals surface area (Å²) >= 11 is 0. The van der Waals surface area contributed by atoms with Crippen molar-refractivity contribution in [1.82, 2.24) is 5.32 Å². The molecule has 0 saturated carbocycles. The van der Waals surface area contributed by atoms with Crippen molar-refractivity contribution in [1.29, 1.82) is 0 Å². The van der Waals surface area contributed by atoms with Crippen molar-refractivity contribution in [3.63, 3.8) is 0 Å². The molecule has 5 aromatic carbocycles. The number of ether oxygens (including phenoxy) is 2. The smallest absolute Gasteiger partial charge is 0.338 e. The van der Waals surface area contributed by atoms with Crippen LogP contribution in [-0.4, -0.2) is 73.0 Å². The molecule has 58 heavy (non-hydrogen) atoms. The van der Waals surface area contributed by atoms with Gasteiger partial charge in [0.1, 0.15) is 0 Å². The van der Waals surface area contributed by atoms with Crippen LogP contribution in [0.25, 0.3) is 0 Å². The molecule has 0 aliphatic rings. The summed E-state index contributed by atoms with van der Waals surface area (Å²) in [6.45, 7) is 1.87. The number of amides is 1. The van der Waals surface area contributed by atoms with Crippen LogP contribution in [0.15, 0.2) is 152 Å². The number of aliphatic hydroxyl groups excluding tert-OH is 1. The molecule has 0 bridgehead atoms. The molecular formula is C47H49NO10. The largest absolute Gasteiger partial charge is 0.469 e. The maximum atomic E-state index is 11.8. The van der Waals surface area contributed by atoms with Gasteiger partial charge in [0.25, 0.3) is 0 Å². The van der Waals surface area contributed by atoms with E-state index in [9.17, 15) is 33.6 Å². The molecular weight excluding hydrogens is 739 g/mol. The fourth-order valence-electron chi connectivity index (χ4n) is 4.74. The third-order valence-electron chi connectivity index (χ3n) is 7.80. The van der Waals surface area contributed by atoms with Crippen LogP contribution in [0.3, 0.4) is 0 Å². The molecule has 0 aliphatic heterocycles. The highest BCUT2D eigenvalue weighted by molar-refractivity contribution is 5.98.